The first kappa shape index (κ1) is 14.8. The Labute approximate surface area is 118 Å². The molecular weight excluding hydrogens is 260 g/mol. The maximum atomic E-state index is 12.3. The molecule has 1 saturated carbocycles. The normalized spacial score (nSPS) is 20.6. The lowest BCUT2D eigenvalue weighted by Crippen LogP contribution is -2.44. The van der Waals surface area contributed by atoms with E-state index < -0.39 is 5.54 Å². The lowest BCUT2D eigenvalue weighted by molar-refractivity contribution is -0.131. The molecule has 2 fully saturated rings. The number of nitrogens with zero attached hydrogens (tertiary/aromatic N) is 1. The molecule has 1 heterocycles. The molecule has 1 aliphatic carbocycles. The SMILES string of the molecule is NNC(=O)CCCCCN1C(=O)NC2(CCCC2)C1=O. The fraction of sp³-hybridized carbons (Fsp3) is 0.769. The minimum Gasteiger partial charge on any atom is -0.323 e. The van der Waals surface area contributed by atoms with Crippen molar-refractivity contribution < 1.29 is 14.4 Å². The third-order valence-corrected chi connectivity index (χ3v) is 4.15. The molecule has 2 aliphatic rings. The number of nitrogens with one attached hydrogen (secondary N) is 2. The van der Waals surface area contributed by atoms with Crippen LogP contribution in [-0.4, -0.2) is 34.8 Å². The zero-order valence-corrected chi connectivity index (χ0v) is 11.6. The van der Waals surface area contributed by atoms with Gasteiger partial charge in [0, 0.05) is 13.0 Å². The first-order valence-electron chi connectivity index (χ1n) is 7.23. The van der Waals surface area contributed by atoms with Crippen molar-refractivity contribution in [3.05, 3.63) is 0 Å². The summed E-state index contributed by atoms with van der Waals surface area (Å²) >= 11 is 0. The fourth-order valence-corrected chi connectivity index (χ4v) is 3.00. The predicted octanol–water partition coefficient (Wildman–Crippen LogP) is 0.401. The number of nitrogens with two attached hydrogens (primary N) is 1. The van der Waals surface area contributed by atoms with Crippen molar-refractivity contribution in [2.75, 3.05) is 6.54 Å². The summed E-state index contributed by atoms with van der Waals surface area (Å²) in [4.78, 5) is 36.5. The molecule has 0 aromatic carbocycles. The molecule has 1 saturated heterocycles. The van der Waals surface area contributed by atoms with E-state index in [1.54, 1.807) is 0 Å². The predicted molar refractivity (Wildman–Crippen MR) is 72.2 cm³/mol. The van der Waals surface area contributed by atoms with Crippen LogP contribution in [0.4, 0.5) is 4.79 Å². The van der Waals surface area contributed by atoms with Crippen molar-refractivity contribution >= 4 is 17.8 Å². The number of urea groups is 1. The quantitative estimate of drug-likeness (QED) is 0.216. The van der Waals surface area contributed by atoms with Gasteiger partial charge in [0.25, 0.3) is 5.91 Å². The van der Waals surface area contributed by atoms with Crippen LogP contribution in [-0.2, 0) is 9.59 Å². The molecule has 7 nitrogen and oxygen atoms in total. The Morgan fingerprint density at radius 2 is 1.95 bits per heavy atom. The number of hydrogen-bond acceptors (Lipinski definition) is 4. The number of rotatable bonds is 6. The van der Waals surface area contributed by atoms with Gasteiger partial charge in [-0.3, -0.25) is 19.9 Å². The van der Waals surface area contributed by atoms with Gasteiger partial charge < -0.3 is 5.32 Å². The molecule has 4 N–H and O–H groups in total. The van der Waals surface area contributed by atoms with Gasteiger partial charge in [-0.15, -0.1) is 0 Å². The Morgan fingerprint density at radius 1 is 1.25 bits per heavy atom. The summed E-state index contributed by atoms with van der Waals surface area (Å²) in [6, 6.07) is -0.267. The Morgan fingerprint density at radius 3 is 2.60 bits per heavy atom. The summed E-state index contributed by atoms with van der Waals surface area (Å²) in [5.74, 6) is 4.72. The van der Waals surface area contributed by atoms with E-state index in [-0.39, 0.29) is 17.8 Å². The molecule has 2 rings (SSSR count). The molecule has 7 heteroatoms. The lowest BCUT2D eigenvalue weighted by Gasteiger charge is -2.19. The highest BCUT2D eigenvalue weighted by molar-refractivity contribution is 6.07. The van der Waals surface area contributed by atoms with Crippen molar-refractivity contribution in [3.63, 3.8) is 0 Å². The molecule has 20 heavy (non-hydrogen) atoms. The van der Waals surface area contributed by atoms with Crippen LogP contribution >= 0.6 is 0 Å². The van der Waals surface area contributed by atoms with Crippen LogP contribution in [0.25, 0.3) is 0 Å². The average molecular weight is 282 g/mol. The van der Waals surface area contributed by atoms with Crippen molar-refractivity contribution in [2.24, 2.45) is 5.84 Å². The van der Waals surface area contributed by atoms with Gasteiger partial charge in [0.15, 0.2) is 0 Å². The van der Waals surface area contributed by atoms with Crippen molar-refractivity contribution in [1.82, 2.24) is 15.6 Å². The minimum atomic E-state index is -0.615. The van der Waals surface area contributed by atoms with Crippen molar-refractivity contribution in [2.45, 2.75) is 56.9 Å². The molecule has 1 spiro atoms. The summed E-state index contributed by atoms with van der Waals surface area (Å²) in [6.07, 6.45) is 6.08. The summed E-state index contributed by atoms with van der Waals surface area (Å²) in [7, 11) is 0. The van der Waals surface area contributed by atoms with Crippen molar-refractivity contribution in [1.29, 1.82) is 0 Å². The minimum absolute atomic E-state index is 0.0697. The zero-order chi connectivity index (χ0) is 14.6. The van der Waals surface area contributed by atoms with Gasteiger partial charge in [0.1, 0.15) is 5.54 Å². The third kappa shape index (κ3) is 2.92. The summed E-state index contributed by atoms with van der Waals surface area (Å²) < 4.78 is 0. The molecule has 0 atom stereocenters. The highest BCUT2D eigenvalue weighted by Gasteiger charge is 2.51. The smallest absolute Gasteiger partial charge is 0.323 e. The Bertz CT molecular complexity index is 404. The Hall–Kier alpha value is -1.63. The molecule has 0 radical (unpaired) electrons. The van der Waals surface area contributed by atoms with Gasteiger partial charge in [-0.05, 0) is 25.7 Å². The van der Waals surface area contributed by atoms with Gasteiger partial charge in [0.2, 0.25) is 5.91 Å². The van der Waals surface area contributed by atoms with E-state index in [4.69, 9.17) is 5.84 Å². The first-order chi connectivity index (χ1) is 9.59. The zero-order valence-electron chi connectivity index (χ0n) is 11.6. The molecule has 0 bridgehead atoms. The van der Waals surface area contributed by atoms with E-state index in [9.17, 15) is 14.4 Å². The highest BCUT2D eigenvalue weighted by Crippen LogP contribution is 2.35. The average Bonchev–Trinajstić information content (AvgIpc) is 2.98. The summed E-state index contributed by atoms with van der Waals surface area (Å²) in [5.41, 5.74) is 1.46. The largest absolute Gasteiger partial charge is 0.325 e. The van der Waals surface area contributed by atoms with Crippen LogP contribution in [0, 0.1) is 0 Å². The topological polar surface area (TPSA) is 105 Å². The number of carbonyl (C=O) groups is 3. The van der Waals surface area contributed by atoms with Gasteiger partial charge in [-0.2, -0.15) is 0 Å². The van der Waals surface area contributed by atoms with Crippen LogP contribution in [0.1, 0.15) is 51.4 Å². The number of imide groups is 1. The van der Waals surface area contributed by atoms with E-state index >= 15 is 0 Å². The second-order valence-electron chi connectivity index (χ2n) is 5.55. The van der Waals surface area contributed by atoms with E-state index in [0.29, 0.717) is 25.8 Å². The molecule has 112 valence electrons. The van der Waals surface area contributed by atoms with Gasteiger partial charge in [0.05, 0.1) is 0 Å². The Kier molecular flexibility index (Phi) is 4.59. The second kappa shape index (κ2) is 6.21. The van der Waals surface area contributed by atoms with Crippen LogP contribution in [0.15, 0.2) is 0 Å². The molecule has 0 unspecified atom stereocenters. The number of unbranched alkanes of at least 4 members (excludes halogenated alkanes) is 2. The van der Waals surface area contributed by atoms with Crippen molar-refractivity contribution in [3.8, 4) is 0 Å². The van der Waals surface area contributed by atoms with Crippen LogP contribution < -0.4 is 16.6 Å². The molecular formula is C13H22N4O3. The highest BCUT2D eigenvalue weighted by atomic mass is 16.2. The van der Waals surface area contributed by atoms with Gasteiger partial charge in [-0.1, -0.05) is 19.3 Å². The van der Waals surface area contributed by atoms with E-state index in [1.807, 2.05) is 0 Å². The number of hydrazine groups is 1. The Balaban J connectivity index is 1.74. The monoisotopic (exact) mass is 282 g/mol. The van der Waals surface area contributed by atoms with E-state index in [2.05, 4.69) is 10.7 Å². The molecule has 0 aromatic heterocycles. The van der Waals surface area contributed by atoms with Crippen LogP contribution in [0.5, 0.6) is 0 Å². The molecule has 1 aliphatic heterocycles. The number of hydrogen-bond donors (Lipinski definition) is 3. The first-order valence-corrected chi connectivity index (χ1v) is 7.23. The molecule has 0 aromatic rings. The van der Waals surface area contributed by atoms with Gasteiger partial charge >= 0.3 is 6.03 Å². The third-order valence-electron chi connectivity index (χ3n) is 4.15. The lowest BCUT2D eigenvalue weighted by atomic mass is 9.98. The second-order valence-corrected chi connectivity index (χ2v) is 5.55. The summed E-state index contributed by atoms with van der Waals surface area (Å²) in [6.45, 7) is 0.427. The summed E-state index contributed by atoms with van der Waals surface area (Å²) in [5, 5.41) is 2.85. The number of amides is 4. The van der Waals surface area contributed by atoms with Gasteiger partial charge in [-0.25, -0.2) is 10.6 Å². The fourth-order valence-electron chi connectivity index (χ4n) is 3.00. The maximum absolute atomic E-state index is 12.3. The number of carbonyl (C=O) groups excluding carboxylic acids is 3. The van der Waals surface area contributed by atoms with Crippen LogP contribution in [0.3, 0.4) is 0 Å². The van der Waals surface area contributed by atoms with Crippen LogP contribution in [0.2, 0.25) is 0 Å². The van der Waals surface area contributed by atoms with E-state index in [0.717, 1.165) is 32.1 Å². The standard InChI is InChI=1S/C13H22N4O3/c14-16-10(18)6-2-1-5-9-17-11(19)13(15-12(17)20)7-3-4-8-13/h1-9,14H2,(H,15,20)(H,16,18). The maximum Gasteiger partial charge on any atom is 0.325 e. The van der Waals surface area contributed by atoms with E-state index in [1.165, 1.54) is 4.90 Å². The molecule has 4 amide bonds.